The molecule has 0 aliphatic rings. The lowest BCUT2D eigenvalue weighted by atomic mass is 10.2. The van der Waals surface area contributed by atoms with Gasteiger partial charge in [0.2, 0.25) is 11.8 Å². The van der Waals surface area contributed by atoms with E-state index in [0.717, 1.165) is 24.1 Å². The molecule has 0 heterocycles. The maximum absolute atomic E-state index is 11.7. The standard InChI is InChI=1S/C15H21BrN2O2/c1-3-5-13(16)15(20)17-9-8-14(19)18-12-7-4-6-11(2)10-12/h4,6-7,10,13H,3,5,8-9H2,1-2H3,(H,17,20)(H,18,19)/t13-/m0/s1. The van der Waals surface area contributed by atoms with Crippen LogP contribution in [0.4, 0.5) is 5.69 Å². The Labute approximate surface area is 128 Å². The lowest BCUT2D eigenvalue weighted by Crippen LogP contribution is -2.33. The Balaban J connectivity index is 2.28. The first-order valence-electron chi connectivity index (χ1n) is 6.81. The first kappa shape index (κ1) is 16.7. The molecule has 1 atom stereocenters. The van der Waals surface area contributed by atoms with Crippen LogP contribution in [-0.2, 0) is 9.59 Å². The smallest absolute Gasteiger partial charge is 0.233 e. The van der Waals surface area contributed by atoms with Crippen molar-refractivity contribution >= 4 is 33.4 Å². The van der Waals surface area contributed by atoms with E-state index in [2.05, 4.69) is 26.6 Å². The van der Waals surface area contributed by atoms with E-state index < -0.39 is 0 Å². The Hall–Kier alpha value is -1.36. The fourth-order valence-electron chi connectivity index (χ4n) is 1.74. The van der Waals surface area contributed by atoms with Gasteiger partial charge in [-0.25, -0.2) is 0 Å². The van der Waals surface area contributed by atoms with E-state index in [9.17, 15) is 9.59 Å². The zero-order chi connectivity index (χ0) is 15.0. The highest BCUT2D eigenvalue weighted by Gasteiger charge is 2.13. The Bertz CT molecular complexity index is 463. The van der Waals surface area contributed by atoms with Crippen molar-refractivity contribution < 1.29 is 9.59 Å². The lowest BCUT2D eigenvalue weighted by molar-refractivity contribution is -0.120. The average molecular weight is 341 g/mol. The number of alkyl halides is 1. The van der Waals surface area contributed by atoms with Gasteiger partial charge in [0.25, 0.3) is 0 Å². The topological polar surface area (TPSA) is 58.2 Å². The summed E-state index contributed by atoms with van der Waals surface area (Å²) in [6.45, 7) is 4.35. The van der Waals surface area contributed by atoms with Gasteiger partial charge in [-0.05, 0) is 31.0 Å². The molecule has 0 radical (unpaired) electrons. The van der Waals surface area contributed by atoms with Crippen molar-refractivity contribution in [2.75, 3.05) is 11.9 Å². The van der Waals surface area contributed by atoms with Crippen molar-refractivity contribution in [2.45, 2.75) is 37.9 Å². The minimum absolute atomic E-state index is 0.0600. The number of nitrogens with one attached hydrogen (secondary N) is 2. The summed E-state index contributed by atoms with van der Waals surface area (Å²) in [4.78, 5) is 23.2. The minimum atomic E-state index is -0.174. The fraction of sp³-hybridized carbons (Fsp3) is 0.467. The molecule has 1 aromatic rings. The third kappa shape index (κ3) is 6.19. The van der Waals surface area contributed by atoms with Crippen LogP contribution in [0.5, 0.6) is 0 Å². The van der Waals surface area contributed by atoms with Crippen molar-refractivity contribution in [3.05, 3.63) is 29.8 Å². The molecule has 0 unspecified atom stereocenters. The van der Waals surface area contributed by atoms with E-state index in [-0.39, 0.29) is 23.1 Å². The number of carbonyl (C=O) groups is 2. The van der Waals surface area contributed by atoms with Crippen molar-refractivity contribution in [3.8, 4) is 0 Å². The highest BCUT2D eigenvalue weighted by molar-refractivity contribution is 9.10. The van der Waals surface area contributed by atoms with Crippen LogP contribution in [-0.4, -0.2) is 23.2 Å². The molecule has 20 heavy (non-hydrogen) atoms. The number of anilines is 1. The summed E-state index contributed by atoms with van der Waals surface area (Å²) >= 11 is 3.32. The molecule has 0 aromatic heterocycles. The molecule has 0 spiro atoms. The summed E-state index contributed by atoms with van der Waals surface area (Å²) in [7, 11) is 0. The molecule has 4 nitrogen and oxygen atoms in total. The number of hydrogen-bond acceptors (Lipinski definition) is 2. The Morgan fingerprint density at radius 1 is 1.35 bits per heavy atom. The number of halogens is 1. The van der Waals surface area contributed by atoms with Gasteiger partial charge < -0.3 is 10.6 Å². The molecule has 1 aromatic carbocycles. The normalized spacial score (nSPS) is 11.8. The van der Waals surface area contributed by atoms with Crippen molar-refractivity contribution in [1.82, 2.24) is 5.32 Å². The Kier molecular flexibility index (Phi) is 7.30. The van der Waals surface area contributed by atoms with Gasteiger partial charge in [0.15, 0.2) is 0 Å². The Morgan fingerprint density at radius 2 is 2.10 bits per heavy atom. The largest absolute Gasteiger partial charge is 0.355 e. The minimum Gasteiger partial charge on any atom is -0.355 e. The van der Waals surface area contributed by atoms with Gasteiger partial charge in [0.1, 0.15) is 0 Å². The molecule has 5 heteroatoms. The third-order valence-electron chi connectivity index (χ3n) is 2.78. The predicted octanol–water partition coefficient (Wildman–Crippen LogP) is 3.00. The molecule has 0 aliphatic heterocycles. The number of amides is 2. The second kappa shape index (κ2) is 8.74. The SMILES string of the molecule is CCC[C@H](Br)C(=O)NCCC(=O)Nc1cccc(C)c1. The molecule has 2 N–H and O–H groups in total. The van der Waals surface area contributed by atoms with Gasteiger partial charge in [-0.15, -0.1) is 0 Å². The summed E-state index contributed by atoms with van der Waals surface area (Å²) in [5, 5.41) is 5.56. The summed E-state index contributed by atoms with van der Waals surface area (Å²) < 4.78 is 0. The number of aryl methyl sites for hydroxylation is 1. The van der Waals surface area contributed by atoms with Gasteiger partial charge in [-0.2, -0.15) is 0 Å². The first-order valence-corrected chi connectivity index (χ1v) is 7.72. The number of rotatable bonds is 7. The summed E-state index contributed by atoms with van der Waals surface area (Å²) in [5.74, 6) is -0.160. The van der Waals surface area contributed by atoms with Crippen LogP contribution in [0.2, 0.25) is 0 Å². The molecule has 1 rings (SSSR count). The zero-order valence-corrected chi connectivity index (χ0v) is 13.5. The van der Waals surface area contributed by atoms with E-state index in [1.54, 1.807) is 0 Å². The van der Waals surface area contributed by atoms with Crippen LogP contribution in [0, 0.1) is 6.92 Å². The van der Waals surface area contributed by atoms with E-state index >= 15 is 0 Å². The van der Waals surface area contributed by atoms with Crippen molar-refractivity contribution in [2.24, 2.45) is 0 Å². The van der Waals surface area contributed by atoms with Crippen LogP contribution in [0.25, 0.3) is 0 Å². The summed E-state index contributed by atoms with van der Waals surface area (Å²) in [5.41, 5.74) is 1.88. The molecule has 0 fully saturated rings. The van der Waals surface area contributed by atoms with Crippen molar-refractivity contribution in [3.63, 3.8) is 0 Å². The second-order valence-electron chi connectivity index (χ2n) is 4.71. The van der Waals surface area contributed by atoms with Crippen LogP contribution in [0.15, 0.2) is 24.3 Å². The highest BCUT2D eigenvalue weighted by Crippen LogP contribution is 2.10. The van der Waals surface area contributed by atoms with Gasteiger partial charge in [0.05, 0.1) is 4.83 Å². The summed E-state index contributed by atoms with van der Waals surface area (Å²) in [6, 6.07) is 7.62. The molecule has 0 saturated heterocycles. The van der Waals surface area contributed by atoms with E-state index in [1.807, 2.05) is 38.1 Å². The quantitative estimate of drug-likeness (QED) is 0.749. The van der Waals surface area contributed by atoms with Crippen molar-refractivity contribution in [1.29, 1.82) is 0 Å². The van der Waals surface area contributed by atoms with Gasteiger partial charge >= 0.3 is 0 Å². The average Bonchev–Trinajstić information content (AvgIpc) is 2.38. The molecule has 110 valence electrons. The maximum atomic E-state index is 11.7. The van der Waals surface area contributed by atoms with E-state index in [4.69, 9.17) is 0 Å². The molecule has 0 bridgehead atoms. The van der Waals surface area contributed by atoms with Crippen LogP contribution < -0.4 is 10.6 Å². The lowest BCUT2D eigenvalue weighted by Gasteiger charge is -2.10. The molecular formula is C15H21BrN2O2. The monoisotopic (exact) mass is 340 g/mol. The van der Waals surface area contributed by atoms with Gasteiger partial charge in [-0.1, -0.05) is 41.4 Å². The second-order valence-corrected chi connectivity index (χ2v) is 5.82. The molecule has 2 amide bonds. The number of hydrogen-bond donors (Lipinski definition) is 2. The number of benzene rings is 1. The number of carbonyl (C=O) groups excluding carboxylic acids is 2. The zero-order valence-electron chi connectivity index (χ0n) is 11.9. The predicted molar refractivity (Wildman–Crippen MR) is 85.1 cm³/mol. The molecule has 0 saturated carbocycles. The highest BCUT2D eigenvalue weighted by atomic mass is 79.9. The summed E-state index contributed by atoms with van der Waals surface area (Å²) in [6.07, 6.45) is 2.00. The van der Waals surface area contributed by atoms with E-state index in [1.165, 1.54) is 0 Å². The fourth-order valence-corrected chi connectivity index (χ4v) is 2.36. The van der Waals surface area contributed by atoms with Crippen LogP contribution in [0.1, 0.15) is 31.7 Å². The van der Waals surface area contributed by atoms with E-state index in [0.29, 0.717) is 6.54 Å². The maximum Gasteiger partial charge on any atom is 0.233 e. The third-order valence-corrected chi connectivity index (χ3v) is 3.65. The molecule has 0 aliphatic carbocycles. The van der Waals surface area contributed by atoms with Crippen LogP contribution in [0.3, 0.4) is 0 Å². The van der Waals surface area contributed by atoms with Gasteiger partial charge in [-0.3, -0.25) is 9.59 Å². The first-order chi connectivity index (χ1) is 9.52. The van der Waals surface area contributed by atoms with Crippen LogP contribution >= 0.6 is 15.9 Å². The molecular weight excluding hydrogens is 320 g/mol. The Morgan fingerprint density at radius 3 is 2.75 bits per heavy atom. The van der Waals surface area contributed by atoms with Gasteiger partial charge in [0, 0.05) is 18.7 Å².